The van der Waals surface area contributed by atoms with Crippen LogP contribution in [-0.4, -0.2) is 29.9 Å². The van der Waals surface area contributed by atoms with Crippen molar-refractivity contribution >= 4 is 17.3 Å². The number of carbonyl (C=O) groups is 1. The van der Waals surface area contributed by atoms with Crippen LogP contribution in [0.1, 0.15) is 37.7 Å². The second-order valence-corrected chi connectivity index (χ2v) is 6.51. The molecule has 1 aromatic carbocycles. The first-order valence-corrected chi connectivity index (χ1v) is 8.03. The van der Waals surface area contributed by atoms with Crippen molar-refractivity contribution in [2.45, 2.75) is 45.1 Å². The Balaban J connectivity index is 1.59. The van der Waals surface area contributed by atoms with E-state index >= 15 is 0 Å². The van der Waals surface area contributed by atoms with E-state index in [0.717, 1.165) is 23.7 Å². The molecule has 2 aliphatic rings. The van der Waals surface area contributed by atoms with Crippen LogP contribution < -0.4 is 11.1 Å². The van der Waals surface area contributed by atoms with Crippen molar-refractivity contribution in [2.24, 2.45) is 5.92 Å². The molecule has 2 atom stereocenters. The van der Waals surface area contributed by atoms with Crippen LogP contribution in [0.4, 0.5) is 11.4 Å². The minimum Gasteiger partial charge on any atom is -0.397 e. The number of nitrogens with two attached hydrogens (primary N) is 1. The molecule has 1 aliphatic carbocycles. The number of rotatable bonds is 3. The first-order valence-electron chi connectivity index (χ1n) is 8.03. The van der Waals surface area contributed by atoms with E-state index < -0.39 is 0 Å². The number of anilines is 2. The van der Waals surface area contributed by atoms with Gasteiger partial charge in [0.2, 0.25) is 5.91 Å². The van der Waals surface area contributed by atoms with Crippen LogP contribution in [0.3, 0.4) is 0 Å². The minimum absolute atomic E-state index is 0.0526. The van der Waals surface area contributed by atoms with E-state index in [0.29, 0.717) is 18.3 Å². The number of aryl methyl sites for hydroxylation is 1. The number of likely N-dealkylation sites (tertiary alicyclic amines) is 1. The number of fused-ring (bicyclic) bond motifs is 1. The Morgan fingerprint density at radius 3 is 2.95 bits per heavy atom. The highest BCUT2D eigenvalue weighted by Crippen LogP contribution is 2.35. The molecule has 4 heteroatoms. The lowest BCUT2D eigenvalue weighted by atomic mass is 9.85. The van der Waals surface area contributed by atoms with Gasteiger partial charge in [0.15, 0.2) is 0 Å². The fourth-order valence-electron chi connectivity index (χ4n) is 3.87. The standard InChI is InChI=1S/C17H25N3O/c1-12-6-7-15(14(18)10-12)19-17(21)11-20-9-8-13-4-2-3-5-16(13)20/h6-7,10,13,16H,2-5,8-9,11,18H2,1H3,(H,19,21). The quantitative estimate of drug-likeness (QED) is 0.840. The zero-order chi connectivity index (χ0) is 14.8. The molecule has 0 bridgehead atoms. The first kappa shape index (κ1) is 14.4. The Hall–Kier alpha value is -1.55. The number of carbonyl (C=O) groups excluding carboxylic acids is 1. The molecule has 4 nitrogen and oxygen atoms in total. The summed E-state index contributed by atoms with van der Waals surface area (Å²) in [5, 5.41) is 2.95. The Morgan fingerprint density at radius 2 is 2.14 bits per heavy atom. The normalized spacial score (nSPS) is 25.6. The minimum atomic E-state index is 0.0526. The topological polar surface area (TPSA) is 58.4 Å². The van der Waals surface area contributed by atoms with Crippen molar-refractivity contribution in [2.75, 3.05) is 24.1 Å². The first-order chi connectivity index (χ1) is 10.1. The highest BCUT2D eigenvalue weighted by Gasteiger charge is 2.36. The molecule has 1 amide bonds. The van der Waals surface area contributed by atoms with E-state index in [1.807, 2.05) is 25.1 Å². The lowest BCUT2D eigenvalue weighted by molar-refractivity contribution is -0.117. The lowest BCUT2D eigenvalue weighted by Crippen LogP contribution is -2.39. The monoisotopic (exact) mass is 287 g/mol. The molecule has 2 unspecified atom stereocenters. The van der Waals surface area contributed by atoms with Gasteiger partial charge in [0.25, 0.3) is 0 Å². The molecular formula is C17H25N3O. The molecule has 21 heavy (non-hydrogen) atoms. The van der Waals surface area contributed by atoms with Gasteiger partial charge in [0.1, 0.15) is 0 Å². The molecule has 0 aromatic heterocycles. The highest BCUT2D eigenvalue weighted by atomic mass is 16.2. The zero-order valence-electron chi connectivity index (χ0n) is 12.8. The average Bonchev–Trinajstić information content (AvgIpc) is 2.85. The van der Waals surface area contributed by atoms with Gasteiger partial charge in [-0.3, -0.25) is 9.69 Å². The van der Waals surface area contributed by atoms with E-state index in [1.165, 1.54) is 32.1 Å². The SMILES string of the molecule is Cc1ccc(NC(=O)CN2CCC3CCCCC32)c(N)c1. The van der Waals surface area contributed by atoms with E-state index in [2.05, 4.69) is 10.2 Å². The number of hydrogen-bond acceptors (Lipinski definition) is 3. The third kappa shape index (κ3) is 3.21. The summed E-state index contributed by atoms with van der Waals surface area (Å²) in [6.07, 6.45) is 6.52. The van der Waals surface area contributed by atoms with Gasteiger partial charge in [0, 0.05) is 6.04 Å². The second kappa shape index (κ2) is 6.06. The largest absolute Gasteiger partial charge is 0.397 e. The van der Waals surface area contributed by atoms with Gasteiger partial charge in [-0.15, -0.1) is 0 Å². The van der Waals surface area contributed by atoms with Crippen LogP contribution in [0.2, 0.25) is 0 Å². The summed E-state index contributed by atoms with van der Waals surface area (Å²) < 4.78 is 0. The maximum Gasteiger partial charge on any atom is 0.238 e. The number of nitrogens with one attached hydrogen (secondary N) is 1. The third-order valence-electron chi connectivity index (χ3n) is 4.95. The Kier molecular flexibility index (Phi) is 4.15. The summed E-state index contributed by atoms with van der Waals surface area (Å²) in [6.45, 7) is 3.55. The fraction of sp³-hybridized carbons (Fsp3) is 0.588. The Bertz CT molecular complexity index is 529. The summed E-state index contributed by atoms with van der Waals surface area (Å²) in [7, 11) is 0. The van der Waals surface area contributed by atoms with E-state index in [-0.39, 0.29) is 5.91 Å². The van der Waals surface area contributed by atoms with Crippen LogP contribution in [0.25, 0.3) is 0 Å². The third-order valence-corrected chi connectivity index (χ3v) is 4.95. The molecule has 1 saturated carbocycles. The summed E-state index contributed by atoms with van der Waals surface area (Å²) >= 11 is 0. The highest BCUT2D eigenvalue weighted by molar-refractivity contribution is 5.95. The van der Waals surface area contributed by atoms with Gasteiger partial charge in [-0.25, -0.2) is 0 Å². The number of hydrogen-bond donors (Lipinski definition) is 2. The summed E-state index contributed by atoms with van der Waals surface area (Å²) in [4.78, 5) is 14.6. The Morgan fingerprint density at radius 1 is 1.33 bits per heavy atom. The van der Waals surface area contributed by atoms with E-state index in [1.54, 1.807) is 0 Å². The molecule has 2 fully saturated rings. The Labute approximate surface area is 126 Å². The summed E-state index contributed by atoms with van der Waals surface area (Å²) in [5.74, 6) is 0.868. The van der Waals surface area contributed by atoms with Gasteiger partial charge in [0.05, 0.1) is 17.9 Å². The average molecular weight is 287 g/mol. The van der Waals surface area contributed by atoms with Gasteiger partial charge in [-0.05, 0) is 56.3 Å². The second-order valence-electron chi connectivity index (χ2n) is 6.51. The number of benzene rings is 1. The molecule has 1 saturated heterocycles. The number of nitrogen functional groups attached to an aromatic ring is 1. The molecule has 3 rings (SSSR count). The summed E-state index contributed by atoms with van der Waals surface area (Å²) in [6, 6.07) is 6.37. The number of amides is 1. The van der Waals surface area contributed by atoms with Gasteiger partial charge in [-0.2, -0.15) is 0 Å². The van der Waals surface area contributed by atoms with Crippen molar-refractivity contribution < 1.29 is 4.79 Å². The smallest absolute Gasteiger partial charge is 0.238 e. The maximum absolute atomic E-state index is 12.3. The molecule has 0 radical (unpaired) electrons. The van der Waals surface area contributed by atoms with Gasteiger partial charge >= 0.3 is 0 Å². The van der Waals surface area contributed by atoms with Gasteiger partial charge in [-0.1, -0.05) is 18.9 Å². The van der Waals surface area contributed by atoms with Crippen LogP contribution in [0.15, 0.2) is 18.2 Å². The van der Waals surface area contributed by atoms with E-state index in [4.69, 9.17) is 5.73 Å². The van der Waals surface area contributed by atoms with Crippen molar-refractivity contribution in [3.63, 3.8) is 0 Å². The van der Waals surface area contributed by atoms with Crippen LogP contribution in [0, 0.1) is 12.8 Å². The fourth-order valence-corrected chi connectivity index (χ4v) is 3.87. The molecular weight excluding hydrogens is 262 g/mol. The summed E-state index contributed by atoms with van der Waals surface area (Å²) in [5.41, 5.74) is 8.43. The molecule has 114 valence electrons. The molecule has 1 heterocycles. The number of nitrogens with zero attached hydrogens (tertiary/aromatic N) is 1. The molecule has 1 aliphatic heterocycles. The maximum atomic E-state index is 12.3. The zero-order valence-corrected chi connectivity index (χ0v) is 12.8. The lowest BCUT2D eigenvalue weighted by Gasteiger charge is -2.31. The van der Waals surface area contributed by atoms with Crippen molar-refractivity contribution in [1.82, 2.24) is 4.90 Å². The molecule has 3 N–H and O–H groups in total. The van der Waals surface area contributed by atoms with Crippen LogP contribution >= 0.6 is 0 Å². The predicted octanol–water partition coefficient (Wildman–Crippen LogP) is 2.78. The molecule has 1 aromatic rings. The molecule has 0 spiro atoms. The van der Waals surface area contributed by atoms with E-state index in [9.17, 15) is 4.79 Å². The van der Waals surface area contributed by atoms with Gasteiger partial charge < -0.3 is 11.1 Å². The van der Waals surface area contributed by atoms with Crippen LogP contribution in [-0.2, 0) is 4.79 Å². The van der Waals surface area contributed by atoms with Crippen LogP contribution in [0.5, 0.6) is 0 Å². The van der Waals surface area contributed by atoms with Crippen molar-refractivity contribution in [1.29, 1.82) is 0 Å². The van der Waals surface area contributed by atoms with Crippen molar-refractivity contribution in [3.8, 4) is 0 Å². The predicted molar refractivity (Wildman–Crippen MR) is 86.2 cm³/mol. The van der Waals surface area contributed by atoms with Crippen molar-refractivity contribution in [3.05, 3.63) is 23.8 Å².